The molecule has 0 atom stereocenters. The molecule has 0 spiro atoms. The zero-order valence-corrected chi connectivity index (χ0v) is 21.1. The molecule has 1 aliphatic rings. The predicted molar refractivity (Wildman–Crippen MR) is 161 cm³/mol. The first-order valence-corrected chi connectivity index (χ1v) is 13.7. The maximum Gasteiger partial charge on any atom is 0.124 e. The van der Waals surface area contributed by atoms with Gasteiger partial charge in [0, 0.05) is 27.2 Å². The van der Waals surface area contributed by atoms with Crippen LogP contribution in [-0.4, -0.2) is 4.98 Å². The maximum atomic E-state index is 4.84. The van der Waals surface area contributed by atoms with Crippen LogP contribution in [0.5, 0.6) is 0 Å². The molecule has 0 radical (unpaired) electrons. The molecule has 0 saturated heterocycles. The molecule has 0 fully saturated rings. The number of fused-ring (bicyclic) bond motifs is 9. The number of pyridine rings is 1. The Morgan fingerprint density at radius 2 is 1.19 bits per heavy atom. The van der Waals surface area contributed by atoms with Crippen molar-refractivity contribution in [3.05, 3.63) is 127 Å². The highest BCUT2D eigenvalue weighted by Gasteiger charge is 2.14. The Bertz CT molecular complexity index is 2060. The Morgan fingerprint density at radius 3 is 1.95 bits per heavy atom. The zero-order chi connectivity index (χ0) is 24.3. The van der Waals surface area contributed by atoms with E-state index >= 15 is 0 Å². The summed E-state index contributed by atoms with van der Waals surface area (Å²) >= 11 is 1.77. The van der Waals surface area contributed by atoms with E-state index in [0.29, 0.717) is 0 Å². The molecule has 1 aliphatic carbocycles. The zero-order valence-electron chi connectivity index (χ0n) is 20.2. The third kappa shape index (κ3) is 3.26. The Balaban J connectivity index is 1.28. The van der Waals surface area contributed by atoms with E-state index in [-0.39, 0.29) is 0 Å². The van der Waals surface area contributed by atoms with Crippen molar-refractivity contribution in [1.82, 2.24) is 4.98 Å². The van der Waals surface area contributed by atoms with E-state index < -0.39 is 0 Å². The molecule has 37 heavy (non-hydrogen) atoms. The SMILES string of the molecule is C1=C(c2cnc3sc4ccccc4c3c2)C=C(c2ccc3c4ccccc4c4ccccc4c3c2)CC1. The molecule has 2 heteroatoms. The van der Waals surface area contributed by atoms with Crippen LogP contribution in [0.4, 0.5) is 0 Å². The fourth-order valence-electron chi connectivity index (χ4n) is 6.00. The van der Waals surface area contributed by atoms with Crippen LogP contribution in [0.1, 0.15) is 24.0 Å². The van der Waals surface area contributed by atoms with Crippen LogP contribution >= 0.6 is 11.3 Å². The highest BCUT2D eigenvalue weighted by Crippen LogP contribution is 2.39. The van der Waals surface area contributed by atoms with Gasteiger partial charge in [-0.2, -0.15) is 0 Å². The minimum atomic E-state index is 1.04. The second-order valence-corrected chi connectivity index (χ2v) is 10.9. The highest BCUT2D eigenvalue weighted by molar-refractivity contribution is 7.25. The normalized spacial score (nSPS) is 14.1. The van der Waals surface area contributed by atoms with Crippen molar-refractivity contribution in [2.24, 2.45) is 0 Å². The molecule has 7 aromatic rings. The maximum absolute atomic E-state index is 4.84. The molecule has 2 aromatic heterocycles. The van der Waals surface area contributed by atoms with E-state index in [4.69, 9.17) is 4.98 Å². The molecule has 174 valence electrons. The van der Waals surface area contributed by atoms with Crippen molar-refractivity contribution < 1.29 is 0 Å². The van der Waals surface area contributed by atoms with Gasteiger partial charge in [-0.25, -0.2) is 4.98 Å². The minimum absolute atomic E-state index is 1.04. The van der Waals surface area contributed by atoms with Crippen LogP contribution in [0.25, 0.3) is 63.8 Å². The van der Waals surface area contributed by atoms with Crippen molar-refractivity contribution in [3.63, 3.8) is 0 Å². The van der Waals surface area contributed by atoms with E-state index in [1.165, 1.54) is 70.1 Å². The van der Waals surface area contributed by atoms with Gasteiger partial charge in [0.2, 0.25) is 0 Å². The van der Waals surface area contributed by atoms with Crippen LogP contribution in [0.15, 0.2) is 115 Å². The van der Waals surface area contributed by atoms with Gasteiger partial charge >= 0.3 is 0 Å². The fraction of sp³-hybridized carbons (Fsp3) is 0.0571. The monoisotopic (exact) mass is 489 g/mol. The number of aromatic nitrogens is 1. The topological polar surface area (TPSA) is 12.9 Å². The molecule has 5 aromatic carbocycles. The molecule has 0 saturated carbocycles. The standard InChI is InChI=1S/C35H23NS/c1-2-12-28-26(10-1)27-11-3-4-13-29(27)32-19-24(16-17-30(28)32)22-8-7-9-23(18-22)25-20-33-31-14-5-6-15-34(31)37-35(33)36-21-25/h1-6,9-21H,7-8H2. The molecule has 0 amide bonds. The summed E-state index contributed by atoms with van der Waals surface area (Å²) in [6.07, 6.45) is 8.89. The Labute approximate surface area is 219 Å². The molecular formula is C35H23NS. The first-order chi connectivity index (χ1) is 18.3. The Morgan fingerprint density at radius 1 is 0.568 bits per heavy atom. The van der Waals surface area contributed by atoms with Gasteiger partial charge < -0.3 is 0 Å². The number of hydrogen-bond donors (Lipinski definition) is 0. The molecule has 2 heterocycles. The summed E-state index contributed by atoms with van der Waals surface area (Å²) in [5.41, 5.74) is 5.18. The first kappa shape index (κ1) is 20.9. The average Bonchev–Trinajstić information content (AvgIpc) is 3.35. The summed E-state index contributed by atoms with van der Waals surface area (Å²) in [4.78, 5) is 5.95. The third-order valence-corrected chi connectivity index (χ3v) is 8.89. The lowest BCUT2D eigenvalue weighted by atomic mass is 9.88. The summed E-state index contributed by atoms with van der Waals surface area (Å²) in [5, 5.41) is 10.5. The number of hydrogen-bond acceptors (Lipinski definition) is 2. The quantitative estimate of drug-likeness (QED) is 0.220. The number of thiophene rings is 1. The van der Waals surface area contributed by atoms with Crippen LogP contribution in [0.2, 0.25) is 0 Å². The van der Waals surface area contributed by atoms with Crippen molar-refractivity contribution in [1.29, 1.82) is 0 Å². The largest absolute Gasteiger partial charge is 0.245 e. The van der Waals surface area contributed by atoms with Crippen molar-refractivity contribution >= 4 is 75.1 Å². The highest BCUT2D eigenvalue weighted by atomic mass is 32.1. The van der Waals surface area contributed by atoms with E-state index in [1.807, 2.05) is 6.20 Å². The summed E-state index contributed by atoms with van der Waals surface area (Å²) in [5.74, 6) is 0. The number of benzene rings is 5. The van der Waals surface area contributed by atoms with E-state index in [1.54, 1.807) is 11.3 Å². The predicted octanol–water partition coefficient (Wildman–Crippen LogP) is 10.2. The lowest BCUT2D eigenvalue weighted by molar-refractivity contribution is 1.06. The van der Waals surface area contributed by atoms with Crippen molar-refractivity contribution in [2.75, 3.05) is 0 Å². The molecule has 8 rings (SSSR count). The molecular weight excluding hydrogens is 466 g/mol. The van der Waals surface area contributed by atoms with Gasteiger partial charge in [0.1, 0.15) is 4.83 Å². The van der Waals surface area contributed by atoms with Crippen LogP contribution < -0.4 is 0 Å². The van der Waals surface area contributed by atoms with Crippen LogP contribution in [0.3, 0.4) is 0 Å². The first-order valence-electron chi connectivity index (χ1n) is 12.9. The van der Waals surface area contributed by atoms with Gasteiger partial charge in [0.25, 0.3) is 0 Å². The summed E-state index contributed by atoms with van der Waals surface area (Å²) < 4.78 is 1.30. The van der Waals surface area contributed by atoms with E-state index in [0.717, 1.165) is 17.7 Å². The molecule has 0 N–H and O–H groups in total. The molecule has 0 bridgehead atoms. The summed E-state index contributed by atoms with van der Waals surface area (Å²) in [6, 6.07) is 35.6. The van der Waals surface area contributed by atoms with Gasteiger partial charge in [0.15, 0.2) is 0 Å². The third-order valence-electron chi connectivity index (χ3n) is 7.79. The van der Waals surface area contributed by atoms with E-state index in [9.17, 15) is 0 Å². The van der Waals surface area contributed by atoms with Gasteiger partial charge in [-0.05, 0) is 80.1 Å². The smallest absolute Gasteiger partial charge is 0.124 e. The van der Waals surface area contributed by atoms with Crippen LogP contribution in [-0.2, 0) is 0 Å². The fourth-order valence-corrected chi connectivity index (χ4v) is 7.03. The number of nitrogens with zero attached hydrogens (tertiary/aromatic N) is 1. The van der Waals surface area contributed by atoms with Crippen molar-refractivity contribution in [3.8, 4) is 0 Å². The Kier molecular flexibility index (Phi) is 4.58. The van der Waals surface area contributed by atoms with Gasteiger partial charge in [0.05, 0.1) is 0 Å². The number of allylic oxidation sites excluding steroid dienone is 4. The van der Waals surface area contributed by atoms with Gasteiger partial charge in [-0.1, -0.05) is 91.0 Å². The van der Waals surface area contributed by atoms with Crippen LogP contribution in [0, 0.1) is 0 Å². The summed E-state index contributed by atoms with van der Waals surface area (Å²) in [7, 11) is 0. The lowest BCUT2D eigenvalue weighted by Crippen LogP contribution is -1.94. The van der Waals surface area contributed by atoms with Crippen molar-refractivity contribution in [2.45, 2.75) is 12.8 Å². The second-order valence-electron chi connectivity index (χ2n) is 9.89. The molecule has 0 unspecified atom stereocenters. The number of rotatable bonds is 2. The molecule has 0 aliphatic heterocycles. The van der Waals surface area contributed by atoms with E-state index in [2.05, 4.69) is 109 Å². The second kappa shape index (κ2) is 8.12. The minimum Gasteiger partial charge on any atom is -0.245 e. The van der Waals surface area contributed by atoms with Gasteiger partial charge in [-0.3, -0.25) is 0 Å². The molecule has 1 nitrogen and oxygen atoms in total. The van der Waals surface area contributed by atoms with Gasteiger partial charge in [-0.15, -0.1) is 11.3 Å². The summed E-state index contributed by atoms with van der Waals surface area (Å²) in [6.45, 7) is 0. The lowest BCUT2D eigenvalue weighted by Gasteiger charge is -2.17. The average molecular weight is 490 g/mol. The Hall–Kier alpha value is -4.27.